The first-order valence-corrected chi connectivity index (χ1v) is 8.24. The number of anilines is 1. The molecule has 0 aliphatic rings. The molecule has 26 heavy (non-hydrogen) atoms. The third-order valence-electron chi connectivity index (χ3n) is 3.80. The minimum Gasteiger partial charge on any atom is -0.448 e. The highest BCUT2D eigenvalue weighted by Gasteiger charge is 2.20. The second-order valence-corrected chi connectivity index (χ2v) is 6.16. The lowest BCUT2D eigenvalue weighted by Gasteiger charge is -2.14. The molecule has 1 heterocycles. The number of fused-ring (bicyclic) bond motifs is 1. The number of rotatable bonds is 4. The van der Waals surface area contributed by atoms with Gasteiger partial charge in [0.1, 0.15) is 0 Å². The van der Waals surface area contributed by atoms with E-state index in [2.05, 4.69) is 15.3 Å². The molecule has 1 unspecified atom stereocenters. The molecular formula is C20H19N3O3. The first-order valence-electron chi connectivity index (χ1n) is 8.24. The van der Waals surface area contributed by atoms with Gasteiger partial charge in [-0.15, -0.1) is 0 Å². The number of ether oxygens (including phenoxy) is 1. The SMILES string of the molecule is Cc1cc(C)cc(NC(=O)C(C)OC(=O)c2cnc3ccccc3n2)c1. The fraction of sp³-hybridized carbons (Fsp3) is 0.200. The van der Waals surface area contributed by atoms with Gasteiger partial charge < -0.3 is 10.1 Å². The highest BCUT2D eigenvalue weighted by atomic mass is 16.5. The lowest BCUT2D eigenvalue weighted by atomic mass is 10.1. The Labute approximate surface area is 151 Å². The van der Waals surface area contributed by atoms with E-state index in [1.807, 2.05) is 44.2 Å². The van der Waals surface area contributed by atoms with Crippen LogP contribution in [0.4, 0.5) is 5.69 Å². The van der Waals surface area contributed by atoms with E-state index in [-0.39, 0.29) is 5.69 Å². The third-order valence-corrected chi connectivity index (χ3v) is 3.80. The Morgan fingerprint density at radius 1 is 1.04 bits per heavy atom. The fourth-order valence-electron chi connectivity index (χ4n) is 2.62. The van der Waals surface area contributed by atoms with Gasteiger partial charge in [-0.1, -0.05) is 18.2 Å². The van der Waals surface area contributed by atoms with E-state index >= 15 is 0 Å². The van der Waals surface area contributed by atoms with Gasteiger partial charge >= 0.3 is 5.97 Å². The van der Waals surface area contributed by atoms with Crippen LogP contribution in [0.3, 0.4) is 0 Å². The Hall–Kier alpha value is -3.28. The number of para-hydroxylation sites is 2. The van der Waals surface area contributed by atoms with Crippen LogP contribution in [0.15, 0.2) is 48.7 Å². The predicted molar refractivity (Wildman–Crippen MR) is 99.0 cm³/mol. The average molecular weight is 349 g/mol. The van der Waals surface area contributed by atoms with Gasteiger partial charge in [0.15, 0.2) is 11.8 Å². The summed E-state index contributed by atoms with van der Waals surface area (Å²) in [6.45, 7) is 5.42. The molecule has 1 aromatic heterocycles. The van der Waals surface area contributed by atoms with Crippen LogP contribution >= 0.6 is 0 Å². The van der Waals surface area contributed by atoms with Gasteiger partial charge in [0.05, 0.1) is 17.2 Å². The summed E-state index contributed by atoms with van der Waals surface area (Å²) in [4.78, 5) is 33.0. The fourth-order valence-corrected chi connectivity index (χ4v) is 2.62. The van der Waals surface area contributed by atoms with Gasteiger partial charge in [-0.3, -0.25) is 9.78 Å². The molecule has 3 aromatic rings. The number of esters is 1. The minimum absolute atomic E-state index is 0.0646. The van der Waals surface area contributed by atoms with Crippen molar-refractivity contribution in [2.75, 3.05) is 5.32 Å². The summed E-state index contributed by atoms with van der Waals surface area (Å²) >= 11 is 0. The predicted octanol–water partition coefficient (Wildman–Crippen LogP) is 3.43. The van der Waals surface area contributed by atoms with Gasteiger partial charge in [0, 0.05) is 5.69 Å². The maximum Gasteiger partial charge on any atom is 0.359 e. The maximum absolute atomic E-state index is 12.3. The van der Waals surface area contributed by atoms with E-state index in [0.29, 0.717) is 16.7 Å². The van der Waals surface area contributed by atoms with Crippen molar-refractivity contribution in [3.05, 3.63) is 65.5 Å². The van der Waals surface area contributed by atoms with Crippen molar-refractivity contribution < 1.29 is 14.3 Å². The molecule has 0 spiro atoms. The zero-order valence-electron chi connectivity index (χ0n) is 14.8. The smallest absolute Gasteiger partial charge is 0.359 e. The number of carbonyl (C=O) groups excluding carboxylic acids is 2. The molecule has 3 rings (SSSR count). The van der Waals surface area contributed by atoms with Crippen LogP contribution < -0.4 is 5.32 Å². The lowest BCUT2D eigenvalue weighted by molar-refractivity contribution is -0.123. The standard InChI is InChI=1S/C20H19N3O3/c1-12-8-13(2)10-15(9-12)22-19(24)14(3)26-20(25)18-11-21-16-6-4-5-7-17(16)23-18/h4-11,14H,1-3H3,(H,22,24). The Bertz CT molecular complexity index is 965. The Morgan fingerprint density at radius 3 is 2.38 bits per heavy atom. The normalized spacial score (nSPS) is 11.8. The summed E-state index contributed by atoms with van der Waals surface area (Å²) in [6, 6.07) is 12.9. The van der Waals surface area contributed by atoms with Crippen LogP contribution in [0, 0.1) is 13.8 Å². The van der Waals surface area contributed by atoms with Crippen LogP contribution in [-0.4, -0.2) is 27.9 Å². The number of hydrogen-bond acceptors (Lipinski definition) is 5. The van der Waals surface area contributed by atoms with E-state index in [9.17, 15) is 9.59 Å². The molecule has 0 aliphatic heterocycles. The number of carbonyl (C=O) groups is 2. The van der Waals surface area contributed by atoms with Crippen LogP contribution in [0.5, 0.6) is 0 Å². The summed E-state index contributed by atoms with van der Waals surface area (Å²) in [6.07, 6.45) is 0.385. The average Bonchev–Trinajstić information content (AvgIpc) is 2.60. The monoisotopic (exact) mass is 349 g/mol. The maximum atomic E-state index is 12.3. The summed E-state index contributed by atoms with van der Waals surface area (Å²) < 4.78 is 5.23. The number of amides is 1. The van der Waals surface area contributed by atoms with Gasteiger partial charge in [-0.2, -0.15) is 0 Å². The molecule has 0 fully saturated rings. The van der Waals surface area contributed by atoms with Crippen LogP contribution in [0.25, 0.3) is 11.0 Å². The second-order valence-electron chi connectivity index (χ2n) is 6.16. The first kappa shape index (κ1) is 17.5. The third kappa shape index (κ3) is 4.03. The molecule has 1 N–H and O–H groups in total. The molecule has 0 radical (unpaired) electrons. The van der Waals surface area contributed by atoms with E-state index in [4.69, 9.17) is 4.74 Å². The number of aryl methyl sites for hydroxylation is 2. The van der Waals surface area contributed by atoms with Crippen molar-refractivity contribution in [1.29, 1.82) is 0 Å². The van der Waals surface area contributed by atoms with E-state index in [0.717, 1.165) is 11.1 Å². The minimum atomic E-state index is -0.961. The molecule has 1 atom stereocenters. The molecular weight excluding hydrogens is 330 g/mol. The van der Waals surface area contributed by atoms with Crippen LogP contribution in [0.1, 0.15) is 28.5 Å². The number of nitrogens with zero attached hydrogens (tertiary/aromatic N) is 2. The zero-order valence-corrected chi connectivity index (χ0v) is 14.8. The zero-order chi connectivity index (χ0) is 18.7. The van der Waals surface area contributed by atoms with Crippen molar-refractivity contribution in [2.24, 2.45) is 0 Å². The van der Waals surface area contributed by atoms with Gasteiger partial charge in [0.25, 0.3) is 5.91 Å². The molecule has 2 aromatic carbocycles. The number of benzene rings is 2. The van der Waals surface area contributed by atoms with Crippen molar-refractivity contribution in [3.63, 3.8) is 0 Å². The molecule has 1 amide bonds. The topological polar surface area (TPSA) is 81.2 Å². The van der Waals surface area contributed by atoms with E-state index in [1.165, 1.54) is 13.1 Å². The van der Waals surface area contributed by atoms with E-state index < -0.39 is 18.0 Å². The first-order chi connectivity index (χ1) is 12.4. The second kappa shape index (κ2) is 7.31. The number of aromatic nitrogens is 2. The molecule has 0 aliphatic carbocycles. The van der Waals surface area contributed by atoms with Gasteiger partial charge in [0.2, 0.25) is 0 Å². The molecule has 132 valence electrons. The highest BCUT2D eigenvalue weighted by Crippen LogP contribution is 2.15. The Balaban J connectivity index is 1.68. The summed E-state index contributed by atoms with van der Waals surface area (Å²) in [5.74, 6) is -1.09. The van der Waals surface area contributed by atoms with Gasteiger partial charge in [-0.25, -0.2) is 9.78 Å². The van der Waals surface area contributed by atoms with Crippen molar-refractivity contribution in [1.82, 2.24) is 9.97 Å². The quantitative estimate of drug-likeness (QED) is 0.730. The molecule has 6 heteroatoms. The molecule has 0 saturated heterocycles. The number of nitrogens with one attached hydrogen (secondary N) is 1. The molecule has 0 bridgehead atoms. The van der Waals surface area contributed by atoms with Crippen molar-refractivity contribution >= 4 is 28.6 Å². The summed E-state index contributed by atoms with van der Waals surface area (Å²) in [5, 5.41) is 2.76. The van der Waals surface area contributed by atoms with E-state index in [1.54, 1.807) is 12.1 Å². The summed E-state index contributed by atoms with van der Waals surface area (Å²) in [5.41, 5.74) is 4.09. The number of hydrogen-bond donors (Lipinski definition) is 1. The summed E-state index contributed by atoms with van der Waals surface area (Å²) in [7, 11) is 0. The van der Waals surface area contributed by atoms with Crippen LogP contribution in [0.2, 0.25) is 0 Å². The van der Waals surface area contributed by atoms with Crippen molar-refractivity contribution in [2.45, 2.75) is 26.9 Å². The van der Waals surface area contributed by atoms with Crippen molar-refractivity contribution in [3.8, 4) is 0 Å². The largest absolute Gasteiger partial charge is 0.448 e. The Kier molecular flexibility index (Phi) is 4.93. The Morgan fingerprint density at radius 2 is 1.69 bits per heavy atom. The lowest BCUT2D eigenvalue weighted by Crippen LogP contribution is -2.30. The highest BCUT2D eigenvalue weighted by molar-refractivity contribution is 5.97. The molecule has 0 saturated carbocycles. The molecule has 6 nitrogen and oxygen atoms in total. The van der Waals surface area contributed by atoms with Crippen LogP contribution in [-0.2, 0) is 9.53 Å². The van der Waals surface area contributed by atoms with Gasteiger partial charge in [-0.05, 0) is 56.2 Å².